The highest BCUT2D eigenvalue weighted by Crippen LogP contribution is 2.29. The number of carbonyl (C=O) groups excluding carboxylic acids is 1. The van der Waals surface area contributed by atoms with Gasteiger partial charge in [0.15, 0.2) is 0 Å². The van der Waals surface area contributed by atoms with Crippen LogP contribution in [0.3, 0.4) is 0 Å². The Labute approximate surface area is 121 Å². The Bertz CT molecular complexity index is 317. The second-order valence-corrected chi connectivity index (χ2v) is 5.90. The molecule has 2 saturated heterocycles. The van der Waals surface area contributed by atoms with Gasteiger partial charge in [0, 0.05) is 26.2 Å². The first-order chi connectivity index (χ1) is 9.66. The van der Waals surface area contributed by atoms with E-state index in [1.165, 1.54) is 0 Å². The van der Waals surface area contributed by atoms with Crippen LogP contribution in [0.1, 0.15) is 39.5 Å². The van der Waals surface area contributed by atoms with E-state index in [1.54, 1.807) is 0 Å². The van der Waals surface area contributed by atoms with E-state index in [0.717, 1.165) is 32.3 Å². The molecule has 2 aliphatic rings. The third-order valence-electron chi connectivity index (χ3n) is 4.96. The Morgan fingerprint density at radius 2 is 1.95 bits per heavy atom. The number of morpholine rings is 1. The van der Waals surface area contributed by atoms with Gasteiger partial charge in [-0.2, -0.15) is 0 Å². The molecule has 0 aromatic carbocycles. The zero-order valence-corrected chi connectivity index (χ0v) is 12.8. The summed E-state index contributed by atoms with van der Waals surface area (Å²) in [4.78, 5) is 14.8. The highest BCUT2D eigenvalue weighted by atomic mass is 16.5. The van der Waals surface area contributed by atoms with Crippen LogP contribution in [0, 0.1) is 5.41 Å². The number of amides is 1. The molecule has 20 heavy (non-hydrogen) atoms. The molecule has 0 aromatic rings. The third kappa shape index (κ3) is 3.00. The van der Waals surface area contributed by atoms with Crippen molar-refractivity contribution in [1.82, 2.24) is 4.90 Å². The molecule has 0 aliphatic carbocycles. The minimum Gasteiger partial charge on any atom is -0.375 e. The predicted octanol–water partition coefficient (Wildman–Crippen LogP) is 1.16. The van der Waals surface area contributed by atoms with Crippen molar-refractivity contribution in [3.05, 3.63) is 0 Å². The molecule has 2 atom stereocenters. The van der Waals surface area contributed by atoms with Crippen molar-refractivity contribution < 1.29 is 14.3 Å². The van der Waals surface area contributed by atoms with Gasteiger partial charge in [0.2, 0.25) is 5.91 Å². The van der Waals surface area contributed by atoms with Gasteiger partial charge in [0.1, 0.15) is 6.10 Å². The van der Waals surface area contributed by atoms with Crippen LogP contribution in [0.4, 0.5) is 0 Å². The van der Waals surface area contributed by atoms with Crippen LogP contribution in [-0.4, -0.2) is 55.9 Å². The lowest BCUT2D eigenvalue weighted by Gasteiger charge is -2.40. The normalized spacial score (nSPS) is 27.9. The molecule has 2 N–H and O–H groups in total. The van der Waals surface area contributed by atoms with Crippen LogP contribution in [0.2, 0.25) is 0 Å². The van der Waals surface area contributed by atoms with Crippen molar-refractivity contribution in [3.8, 4) is 0 Å². The van der Waals surface area contributed by atoms with Gasteiger partial charge in [-0.3, -0.25) is 4.79 Å². The number of carbonyl (C=O) groups is 1. The van der Waals surface area contributed by atoms with Crippen molar-refractivity contribution in [2.75, 3.05) is 32.8 Å². The molecule has 2 rings (SSSR count). The fourth-order valence-electron chi connectivity index (χ4n) is 3.24. The summed E-state index contributed by atoms with van der Waals surface area (Å²) in [5, 5.41) is 0. The lowest BCUT2D eigenvalue weighted by Crippen LogP contribution is -2.55. The number of hydrogen-bond acceptors (Lipinski definition) is 4. The van der Waals surface area contributed by atoms with Crippen LogP contribution >= 0.6 is 0 Å². The van der Waals surface area contributed by atoms with E-state index in [-0.39, 0.29) is 18.1 Å². The van der Waals surface area contributed by atoms with Gasteiger partial charge in [0.25, 0.3) is 0 Å². The molecule has 5 heteroatoms. The van der Waals surface area contributed by atoms with E-state index in [9.17, 15) is 4.79 Å². The van der Waals surface area contributed by atoms with Gasteiger partial charge >= 0.3 is 0 Å². The standard InChI is InChI=1S/C15H28N2O3/c1-3-15(4-2,11-16)14(18)17-7-9-20-13(10-17)12-6-5-8-19-12/h12-13H,3-11,16H2,1-2H3/t12-,13+/m1/s1. The van der Waals surface area contributed by atoms with Gasteiger partial charge in [-0.05, 0) is 25.7 Å². The Balaban J connectivity index is 2.02. The first-order valence-electron chi connectivity index (χ1n) is 7.89. The van der Waals surface area contributed by atoms with Crippen molar-refractivity contribution in [1.29, 1.82) is 0 Å². The second kappa shape index (κ2) is 6.87. The molecule has 0 spiro atoms. The van der Waals surface area contributed by atoms with Crippen LogP contribution in [-0.2, 0) is 14.3 Å². The van der Waals surface area contributed by atoms with Crippen molar-refractivity contribution in [3.63, 3.8) is 0 Å². The molecular formula is C15H28N2O3. The number of rotatable bonds is 5. The maximum atomic E-state index is 12.8. The lowest BCUT2D eigenvalue weighted by atomic mass is 9.80. The maximum Gasteiger partial charge on any atom is 0.230 e. The summed E-state index contributed by atoms with van der Waals surface area (Å²) in [7, 11) is 0. The number of hydrogen-bond donors (Lipinski definition) is 1. The molecule has 1 amide bonds. The molecule has 2 aliphatic heterocycles. The zero-order valence-electron chi connectivity index (χ0n) is 12.8. The number of nitrogens with zero attached hydrogens (tertiary/aromatic N) is 1. The highest BCUT2D eigenvalue weighted by molar-refractivity contribution is 5.83. The summed E-state index contributed by atoms with van der Waals surface area (Å²) in [6.07, 6.45) is 3.90. The fraction of sp³-hybridized carbons (Fsp3) is 0.933. The Morgan fingerprint density at radius 1 is 1.25 bits per heavy atom. The Morgan fingerprint density at radius 3 is 2.50 bits per heavy atom. The van der Waals surface area contributed by atoms with Crippen LogP contribution in [0.15, 0.2) is 0 Å². The summed E-state index contributed by atoms with van der Waals surface area (Å²) >= 11 is 0. The highest BCUT2D eigenvalue weighted by Gasteiger charge is 2.40. The predicted molar refractivity (Wildman–Crippen MR) is 77.4 cm³/mol. The average molecular weight is 284 g/mol. The molecule has 2 heterocycles. The second-order valence-electron chi connectivity index (χ2n) is 5.90. The minimum atomic E-state index is -0.404. The van der Waals surface area contributed by atoms with Crippen LogP contribution in [0.25, 0.3) is 0 Å². The van der Waals surface area contributed by atoms with Gasteiger partial charge in [-0.25, -0.2) is 0 Å². The maximum absolute atomic E-state index is 12.8. The van der Waals surface area contributed by atoms with E-state index in [0.29, 0.717) is 26.2 Å². The van der Waals surface area contributed by atoms with Gasteiger partial charge in [-0.15, -0.1) is 0 Å². The smallest absolute Gasteiger partial charge is 0.230 e. The number of nitrogens with two attached hydrogens (primary N) is 1. The van der Waals surface area contributed by atoms with Crippen molar-refractivity contribution in [2.45, 2.75) is 51.7 Å². The molecule has 0 bridgehead atoms. The van der Waals surface area contributed by atoms with Gasteiger partial charge in [-0.1, -0.05) is 13.8 Å². The molecule has 5 nitrogen and oxygen atoms in total. The first kappa shape index (κ1) is 15.7. The minimum absolute atomic E-state index is 0.0272. The van der Waals surface area contributed by atoms with Gasteiger partial charge < -0.3 is 20.1 Å². The van der Waals surface area contributed by atoms with E-state index in [1.807, 2.05) is 18.7 Å². The molecule has 0 saturated carbocycles. The monoisotopic (exact) mass is 284 g/mol. The number of ether oxygens (including phenoxy) is 2. The zero-order chi connectivity index (χ0) is 14.6. The lowest BCUT2D eigenvalue weighted by molar-refractivity contribution is -0.155. The Kier molecular flexibility index (Phi) is 5.41. The Hall–Kier alpha value is -0.650. The summed E-state index contributed by atoms with van der Waals surface area (Å²) in [5.74, 6) is 0.191. The van der Waals surface area contributed by atoms with E-state index < -0.39 is 5.41 Å². The first-order valence-corrected chi connectivity index (χ1v) is 7.89. The summed E-state index contributed by atoms with van der Waals surface area (Å²) < 4.78 is 11.5. The summed E-state index contributed by atoms with van der Waals surface area (Å²) in [6, 6.07) is 0. The molecule has 2 fully saturated rings. The van der Waals surface area contributed by atoms with E-state index >= 15 is 0 Å². The third-order valence-corrected chi connectivity index (χ3v) is 4.96. The van der Waals surface area contributed by atoms with E-state index in [2.05, 4.69) is 0 Å². The van der Waals surface area contributed by atoms with Crippen molar-refractivity contribution >= 4 is 5.91 Å². The molecule has 0 unspecified atom stereocenters. The van der Waals surface area contributed by atoms with Crippen molar-refractivity contribution in [2.24, 2.45) is 11.1 Å². The van der Waals surface area contributed by atoms with Crippen LogP contribution < -0.4 is 5.73 Å². The summed E-state index contributed by atoms with van der Waals surface area (Å²) in [6.45, 7) is 7.24. The molecular weight excluding hydrogens is 256 g/mol. The van der Waals surface area contributed by atoms with E-state index in [4.69, 9.17) is 15.2 Å². The molecule has 116 valence electrons. The largest absolute Gasteiger partial charge is 0.375 e. The molecule has 0 radical (unpaired) electrons. The SMILES string of the molecule is CCC(CC)(CN)C(=O)N1CCO[C@H]([C@H]2CCCO2)C1. The van der Waals surface area contributed by atoms with Gasteiger partial charge in [0.05, 0.1) is 18.1 Å². The summed E-state index contributed by atoms with van der Waals surface area (Å²) in [5.41, 5.74) is 5.49. The average Bonchev–Trinajstić information content (AvgIpc) is 3.04. The molecule has 0 aromatic heterocycles. The fourth-order valence-corrected chi connectivity index (χ4v) is 3.24. The topological polar surface area (TPSA) is 64.8 Å². The quantitative estimate of drug-likeness (QED) is 0.823. The van der Waals surface area contributed by atoms with Crippen LogP contribution in [0.5, 0.6) is 0 Å².